The molecule has 0 aliphatic carbocycles. The highest BCUT2D eigenvalue weighted by Crippen LogP contribution is 2.20. The summed E-state index contributed by atoms with van der Waals surface area (Å²) in [5.74, 6) is 1.22. The average Bonchev–Trinajstić information content (AvgIpc) is 3.16. The fourth-order valence-electron chi connectivity index (χ4n) is 2.88. The van der Waals surface area contributed by atoms with Gasteiger partial charge in [0.25, 0.3) is 5.91 Å². The van der Waals surface area contributed by atoms with Gasteiger partial charge in [-0.1, -0.05) is 18.2 Å². The number of nitrogens with one attached hydrogen (secondary N) is 1. The fourth-order valence-corrected chi connectivity index (χ4v) is 2.88. The van der Waals surface area contributed by atoms with E-state index in [2.05, 4.69) is 15.5 Å². The lowest BCUT2D eigenvalue weighted by molar-refractivity contribution is -0.118. The Morgan fingerprint density at radius 3 is 2.52 bits per heavy atom. The third kappa shape index (κ3) is 4.19. The number of aryl methyl sites for hydroxylation is 1. The quantitative estimate of drug-likeness (QED) is 0.544. The number of nitrogens with zero attached hydrogens (tertiary/aromatic N) is 3. The Hall–Kier alpha value is -3.87. The van der Waals surface area contributed by atoms with E-state index in [0.29, 0.717) is 17.0 Å². The Labute approximate surface area is 167 Å². The van der Waals surface area contributed by atoms with Crippen molar-refractivity contribution < 1.29 is 14.3 Å². The molecule has 0 saturated carbocycles. The van der Waals surface area contributed by atoms with Crippen LogP contribution in [0.3, 0.4) is 0 Å². The molecule has 0 radical (unpaired) electrons. The van der Waals surface area contributed by atoms with Gasteiger partial charge >= 0.3 is 0 Å². The van der Waals surface area contributed by atoms with E-state index in [1.165, 1.54) is 0 Å². The summed E-state index contributed by atoms with van der Waals surface area (Å²) < 4.78 is 10.8. The second-order valence-corrected chi connectivity index (χ2v) is 6.49. The van der Waals surface area contributed by atoms with Crippen LogP contribution in [-0.2, 0) is 4.79 Å². The summed E-state index contributed by atoms with van der Waals surface area (Å²) in [6.07, 6.45) is 0. The first-order chi connectivity index (χ1) is 14.1. The maximum atomic E-state index is 12.2. The van der Waals surface area contributed by atoms with Crippen molar-refractivity contribution in [3.8, 4) is 17.2 Å². The summed E-state index contributed by atoms with van der Waals surface area (Å²) in [6.45, 7) is 1.87. The zero-order valence-electron chi connectivity index (χ0n) is 16.1. The maximum Gasteiger partial charge on any atom is 0.262 e. The Bertz CT molecular complexity index is 1150. The van der Waals surface area contributed by atoms with Crippen LogP contribution in [0.2, 0.25) is 0 Å². The number of anilines is 1. The van der Waals surface area contributed by atoms with Crippen LogP contribution in [0.1, 0.15) is 5.56 Å². The van der Waals surface area contributed by atoms with E-state index >= 15 is 0 Å². The van der Waals surface area contributed by atoms with Crippen LogP contribution in [0.5, 0.6) is 11.5 Å². The Kier molecular flexibility index (Phi) is 5.11. The van der Waals surface area contributed by atoms with Crippen LogP contribution in [0.25, 0.3) is 16.7 Å². The highest BCUT2D eigenvalue weighted by Gasteiger charge is 2.09. The monoisotopic (exact) mass is 388 g/mol. The minimum atomic E-state index is -0.241. The molecule has 0 unspecified atom stereocenters. The van der Waals surface area contributed by atoms with Crippen molar-refractivity contribution in [2.24, 2.45) is 0 Å². The van der Waals surface area contributed by atoms with Crippen molar-refractivity contribution in [3.05, 3.63) is 72.3 Å². The summed E-state index contributed by atoms with van der Waals surface area (Å²) in [4.78, 5) is 13.8. The first-order valence-corrected chi connectivity index (χ1v) is 9.12. The van der Waals surface area contributed by atoms with Gasteiger partial charge in [-0.25, -0.2) is 0 Å². The molecular formula is C22H20N4O3. The number of hydrogen-bond acceptors (Lipinski definition) is 5. The zero-order chi connectivity index (χ0) is 20.2. The third-order valence-corrected chi connectivity index (χ3v) is 4.42. The van der Waals surface area contributed by atoms with Crippen LogP contribution in [0, 0.1) is 6.92 Å². The first-order valence-electron chi connectivity index (χ1n) is 9.12. The SMILES string of the molecule is COc1ccc(-n2nc3ccc(NC(=O)COc4ccccc4C)cc3n2)cc1. The van der Waals surface area contributed by atoms with E-state index in [-0.39, 0.29) is 12.5 Å². The van der Waals surface area contributed by atoms with Gasteiger partial charge in [0, 0.05) is 5.69 Å². The molecule has 0 aliphatic heterocycles. The molecule has 1 aromatic heterocycles. The van der Waals surface area contributed by atoms with Crippen LogP contribution in [-0.4, -0.2) is 34.6 Å². The number of amides is 1. The van der Waals surface area contributed by atoms with Gasteiger partial charge in [-0.2, -0.15) is 4.80 Å². The van der Waals surface area contributed by atoms with Gasteiger partial charge in [-0.3, -0.25) is 4.79 Å². The molecule has 1 N–H and O–H groups in total. The fraction of sp³-hybridized carbons (Fsp3) is 0.136. The second kappa shape index (κ2) is 8.02. The summed E-state index contributed by atoms with van der Waals surface area (Å²) >= 11 is 0. The van der Waals surface area contributed by atoms with E-state index < -0.39 is 0 Å². The summed E-state index contributed by atoms with van der Waals surface area (Å²) in [7, 11) is 1.62. The molecular weight excluding hydrogens is 368 g/mol. The van der Waals surface area contributed by atoms with Crippen molar-refractivity contribution in [2.45, 2.75) is 6.92 Å². The smallest absolute Gasteiger partial charge is 0.262 e. The van der Waals surface area contributed by atoms with Crippen molar-refractivity contribution in [2.75, 3.05) is 19.0 Å². The van der Waals surface area contributed by atoms with Crippen molar-refractivity contribution in [1.82, 2.24) is 15.0 Å². The molecule has 3 aromatic carbocycles. The number of methoxy groups -OCH3 is 1. The molecule has 146 valence electrons. The zero-order valence-corrected chi connectivity index (χ0v) is 16.1. The van der Waals surface area contributed by atoms with Crippen LogP contribution in [0.15, 0.2) is 66.7 Å². The van der Waals surface area contributed by atoms with Gasteiger partial charge in [-0.15, -0.1) is 10.2 Å². The van der Waals surface area contributed by atoms with Gasteiger partial charge in [-0.05, 0) is 61.0 Å². The number of carbonyl (C=O) groups excluding carboxylic acids is 1. The molecule has 0 saturated heterocycles. The van der Waals surface area contributed by atoms with Crippen LogP contribution < -0.4 is 14.8 Å². The minimum Gasteiger partial charge on any atom is -0.497 e. The number of aromatic nitrogens is 3. The lowest BCUT2D eigenvalue weighted by Crippen LogP contribution is -2.20. The molecule has 1 amide bonds. The molecule has 0 bridgehead atoms. The Morgan fingerprint density at radius 2 is 1.76 bits per heavy atom. The predicted molar refractivity (Wildman–Crippen MR) is 111 cm³/mol. The molecule has 0 fully saturated rings. The standard InChI is InChI=1S/C22H20N4O3/c1-15-5-3-4-6-21(15)29-14-22(27)23-16-7-12-19-20(13-16)25-26(24-19)17-8-10-18(28-2)11-9-17/h3-13H,14H2,1-2H3,(H,23,27). The van der Waals surface area contributed by atoms with E-state index in [1.54, 1.807) is 24.0 Å². The Balaban J connectivity index is 1.45. The molecule has 29 heavy (non-hydrogen) atoms. The molecule has 4 rings (SSSR count). The number of carbonyl (C=O) groups is 1. The average molecular weight is 388 g/mol. The lowest BCUT2D eigenvalue weighted by atomic mass is 10.2. The minimum absolute atomic E-state index is 0.0680. The number of benzene rings is 3. The second-order valence-electron chi connectivity index (χ2n) is 6.49. The normalized spacial score (nSPS) is 10.7. The molecule has 7 nitrogen and oxygen atoms in total. The predicted octanol–water partition coefficient (Wildman–Crippen LogP) is 3.76. The number of fused-ring (bicyclic) bond motifs is 1. The van der Waals surface area contributed by atoms with E-state index in [1.807, 2.05) is 61.5 Å². The van der Waals surface area contributed by atoms with E-state index in [9.17, 15) is 4.79 Å². The van der Waals surface area contributed by atoms with E-state index in [0.717, 1.165) is 22.5 Å². The largest absolute Gasteiger partial charge is 0.497 e. The Morgan fingerprint density at radius 1 is 1.00 bits per heavy atom. The number of para-hydroxylation sites is 1. The van der Waals surface area contributed by atoms with Gasteiger partial charge in [0.15, 0.2) is 6.61 Å². The highest BCUT2D eigenvalue weighted by atomic mass is 16.5. The van der Waals surface area contributed by atoms with E-state index in [4.69, 9.17) is 9.47 Å². The van der Waals surface area contributed by atoms with Crippen LogP contribution in [0.4, 0.5) is 5.69 Å². The van der Waals surface area contributed by atoms with Crippen molar-refractivity contribution >= 4 is 22.6 Å². The molecule has 1 heterocycles. The molecule has 0 aliphatic rings. The topological polar surface area (TPSA) is 78.3 Å². The van der Waals surface area contributed by atoms with Crippen molar-refractivity contribution in [3.63, 3.8) is 0 Å². The van der Waals surface area contributed by atoms with Gasteiger partial charge in [0.2, 0.25) is 0 Å². The van der Waals surface area contributed by atoms with Crippen LogP contribution >= 0.6 is 0 Å². The van der Waals surface area contributed by atoms with Gasteiger partial charge < -0.3 is 14.8 Å². The maximum absolute atomic E-state index is 12.2. The molecule has 0 atom stereocenters. The van der Waals surface area contributed by atoms with Gasteiger partial charge in [0.05, 0.1) is 12.8 Å². The summed E-state index contributed by atoms with van der Waals surface area (Å²) in [5.41, 5.74) is 3.85. The third-order valence-electron chi connectivity index (χ3n) is 4.42. The summed E-state index contributed by atoms with van der Waals surface area (Å²) in [5, 5.41) is 11.8. The lowest BCUT2D eigenvalue weighted by Gasteiger charge is -2.09. The summed E-state index contributed by atoms with van der Waals surface area (Å²) in [6, 6.07) is 20.4. The first kappa shape index (κ1) is 18.5. The van der Waals surface area contributed by atoms with Gasteiger partial charge in [0.1, 0.15) is 22.5 Å². The molecule has 7 heteroatoms. The number of hydrogen-bond donors (Lipinski definition) is 1. The highest BCUT2D eigenvalue weighted by molar-refractivity contribution is 5.93. The number of rotatable bonds is 6. The number of ether oxygens (including phenoxy) is 2. The molecule has 0 spiro atoms. The van der Waals surface area contributed by atoms with Crippen molar-refractivity contribution in [1.29, 1.82) is 0 Å². The molecule has 4 aromatic rings.